The van der Waals surface area contributed by atoms with Crippen molar-refractivity contribution in [1.82, 2.24) is 4.98 Å². The standard InChI is InChI=1S/C15H7F4N3O2S2/c16-9-8(10(17)12(19)13(25)11(9)18)14(24)22-15-21-6-2-1-5(20-4-23)3-7(6)26-15/h1-4,25H,(H,20,23)(H,21,22,24). The third-order valence-electron chi connectivity index (χ3n) is 3.30. The monoisotopic (exact) mass is 401 g/mol. The van der Waals surface area contributed by atoms with Gasteiger partial charge in [0.05, 0.1) is 15.1 Å². The number of anilines is 2. The van der Waals surface area contributed by atoms with Gasteiger partial charge in [0.1, 0.15) is 5.56 Å². The van der Waals surface area contributed by atoms with Crippen molar-refractivity contribution in [2.75, 3.05) is 10.6 Å². The summed E-state index contributed by atoms with van der Waals surface area (Å²) in [5.41, 5.74) is -0.509. The predicted molar refractivity (Wildman–Crippen MR) is 90.8 cm³/mol. The molecule has 0 fully saturated rings. The van der Waals surface area contributed by atoms with E-state index < -0.39 is 39.6 Å². The number of hydrogen-bond acceptors (Lipinski definition) is 5. The van der Waals surface area contributed by atoms with Crippen LogP contribution in [0.2, 0.25) is 0 Å². The molecule has 3 rings (SSSR count). The van der Waals surface area contributed by atoms with E-state index in [1.807, 2.05) is 0 Å². The Balaban J connectivity index is 1.96. The van der Waals surface area contributed by atoms with Crippen molar-refractivity contribution < 1.29 is 27.2 Å². The highest BCUT2D eigenvalue weighted by molar-refractivity contribution is 7.80. The SMILES string of the molecule is O=CNc1ccc2nc(NC(=O)c3c(F)c(F)c(S)c(F)c3F)sc2c1. The summed E-state index contributed by atoms with van der Waals surface area (Å²) in [5.74, 6) is -8.66. The van der Waals surface area contributed by atoms with Crippen LogP contribution in [-0.2, 0) is 4.79 Å². The van der Waals surface area contributed by atoms with Gasteiger partial charge in [-0.3, -0.25) is 14.9 Å². The minimum Gasteiger partial charge on any atom is -0.329 e. The zero-order valence-corrected chi connectivity index (χ0v) is 14.2. The number of thiol groups is 1. The van der Waals surface area contributed by atoms with Crippen molar-refractivity contribution in [2.24, 2.45) is 0 Å². The number of aromatic nitrogens is 1. The lowest BCUT2D eigenvalue weighted by atomic mass is 10.1. The van der Waals surface area contributed by atoms with Crippen LogP contribution >= 0.6 is 24.0 Å². The molecule has 0 aliphatic rings. The molecule has 134 valence electrons. The minimum absolute atomic E-state index is 0.0529. The van der Waals surface area contributed by atoms with Gasteiger partial charge in [-0.2, -0.15) is 0 Å². The van der Waals surface area contributed by atoms with Gasteiger partial charge < -0.3 is 5.32 Å². The van der Waals surface area contributed by atoms with E-state index in [0.717, 1.165) is 11.3 Å². The Kier molecular flexibility index (Phi) is 4.83. The number of amides is 2. The molecule has 0 saturated carbocycles. The Morgan fingerprint density at radius 2 is 1.77 bits per heavy atom. The Hall–Kier alpha value is -2.66. The van der Waals surface area contributed by atoms with Gasteiger partial charge >= 0.3 is 0 Å². The lowest BCUT2D eigenvalue weighted by molar-refractivity contribution is -0.105. The van der Waals surface area contributed by atoms with Crippen molar-refractivity contribution in [2.45, 2.75) is 4.90 Å². The second kappa shape index (κ2) is 6.92. The van der Waals surface area contributed by atoms with Crippen LogP contribution in [0, 0.1) is 23.3 Å². The molecule has 2 aromatic carbocycles. The summed E-state index contributed by atoms with van der Waals surface area (Å²) in [7, 11) is 0. The molecule has 3 aromatic rings. The molecule has 11 heteroatoms. The first-order valence-electron chi connectivity index (χ1n) is 6.80. The van der Waals surface area contributed by atoms with Gasteiger partial charge in [0.15, 0.2) is 28.4 Å². The van der Waals surface area contributed by atoms with E-state index in [-0.39, 0.29) is 5.13 Å². The smallest absolute Gasteiger partial charge is 0.263 e. The van der Waals surface area contributed by atoms with Crippen LogP contribution in [-0.4, -0.2) is 17.3 Å². The Bertz CT molecular complexity index is 1030. The second-order valence-corrected chi connectivity index (χ2v) is 6.38. The van der Waals surface area contributed by atoms with E-state index in [0.29, 0.717) is 22.3 Å². The molecule has 0 spiro atoms. The molecule has 0 unspecified atom stereocenters. The molecule has 0 atom stereocenters. The summed E-state index contributed by atoms with van der Waals surface area (Å²) < 4.78 is 55.3. The van der Waals surface area contributed by atoms with E-state index in [1.54, 1.807) is 18.2 Å². The van der Waals surface area contributed by atoms with Gasteiger partial charge in [0.2, 0.25) is 6.41 Å². The van der Waals surface area contributed by atoms with E-state index in [2.05, 4.69) is 28.2 Å². The first-order chi connectivity index (χ1) is 12.3. The van der Waals surface area contributed by atoms with Crippen LogP contribution in [0.3, 0.4) is 0 Å². The van der Waals surface area contributed by atoms with Crippen LogP contribution in [0.25, 0.3) is 10.2 Å². The number of carbonyl (C=O) groups is 2. The molecular weight excluding hydrogens is 394 g/mol. The maximum absolute atomic E-state index is 13.8. The van der Waals surface area contributed by atoms with Crippen molar-refractivity contribution in [3.63, 3.8) is 0 Å². The highest BCUT2D eigenvalue weighted by atomic mass is 32.1. The van der Waals surface area contributed by atoms with Gasteiger partial charge in [0, 0.05) is 5.69 Å². The largest absolute Gasteiger partial charge is 0.329 e. The van der Waals surface area contributed by atoms with Crippen molar-refractivity contribution >= 4 is 57.3 Å². The fourth-order valence-corrected chi connectivity index (χ4v) is 3.21. The highest BCUT2D eigenvalue weighted by Crippen LogP contribution is 2.30. The predicted octanol–water partition coefficient (Wildman–Crippen LogP) is 3.96. The molecule has 0 aliphatic heterocycles. The lowest BCUT2D eigenvalue weighted by Gasteiger charge is -2.08. The average Bonchev–Trinajstić information content (AvgIpc) is 3.00. The van der Waals surface area contributed by atoms with Gasteiger partial charge in [-0.25, -0.2) is 22.5 Å². The maximum Gasteiger partial charge on any atom is 0.263 e. The van der Waals surface area contributed by atoms with E-state index in [4.69, 9.17) is 0 Å². The molecule has 1 heterocycles. The number of carbonyl (C=O) groups excluding carboxylic acids is 2. The Labute approximate surface area is 152 Å². The molecule has 26 heavy (non-hydrogen) atoms. The van der Waals surface area contributed by atoms with Crippen molar-refractivity contribution in [3.05, 3.63) is 47.0 Å². The lowest BCUT2D eigenvalue weighted by Crippen LogP contribution is -2.18. The fraction of sp³-hybridized carbons (Fsp3) is 0. The summed E-state index contributed by atoms with van der Waals surface area (Å²) in [5, 5.41) is 4.47. The normalized spacial score (nSPS) is 10.8. The van der Waals surface area contributed by atoms with Gasteiger partial charge in [-0.1, -0.05) is 11.3 Å². The topological polar surface area (TPSA) is 71.1 Å². The molecule has 0 saturated heterocycles. The zero-order valence-electron chi connectivity index (χ0n) is 12.4. The number of nitrogens with zero attached hydrogens (tertiary/aromatic N) is 1. The third-order valence-corrected chi connectivity index (χ3v) is 4.63. The van der Waals surface area contributed by atoms with Gasteiger partial charge in [-0.05, 0) is 18.2 Å². The summed E-state index contributed by atoms with van der Waals surface area (Å²) in [6.07, 6.45) is 0.477. The number of nitrogens with one attached hydrogen (secondary N) is 2. The molecule has 2 amide bonds. The Morgan fingerprint density at radius 3 is 2.38 bits per heavy atom. The van der Waals surface area contributed by atoms with E-state index in [1.165, 1.54) is 0 Å². The quantitative estimate of drug-likeness (QED) is 0.268. The highest BCUT2D eigenvalue weighted by Gasteiger charge is 2.28. The van der Waals surface area contributed by atoms with E-state index >= 15 is 0 Å². The molecule has 1 aromatic heterocycles. The van der Waals surface area contributed by atoms with Crippen LogP contribution < -0.4 is 10.6 Å². The van der Waals surface area contributed by atoms with E-state index in [9.17, 15) is 27.2 Å². The van der Waals surface area contributed by atoms with Crippen LogP contribution in [0.4, 0.5) is 28.4 Å². The molecule has 0 radical (unpaired) electrons. The minimum atomic E-state index is -1.86. The summed E-state index contributed by atoms with van der Waals surface area (Å²) in [4.78, 5) is 25.4. The summed E-state index contributed by atoms with van der Waals surface area (Å²) >= 11 is 4.26. The van der Waals surface area contributed by atoms with Crippen LogP contribution in [0.1, 0.15) is 10.4 Å². The van der Waals surface area contributed by atoms with Gasteiger partial charge in [-0.15, -0.1) is 12.6 Å². The number of benzene rings is 2. The first kappa shape index (κ1) is 18.1. The Morgan fingerprint density at radius 1 is 1.12 bits per heavy atom. The molecule has 0 aliphatic carbocycles. The second-order valence-electron chi connectivity index (χ2n) is 4.90. The molecule has 2 N–H and O–H groups in total. The number of rotatable bonds is 4. The average molecular weight is 401 g/mol. The molecular formula is C15H7F4N3O2S2. The fourth-order valence-electron chi connectivity index (χ4n) is 2.11. The van der Waals surface area contributed by atoms with Crippen LogP contribution in [0.5, 0.6) is 0 Å². The summed E-state index contributed by atoms with van der Waals surface area (Å²) in [6.45, 7) is 0. The summed E-state index contributed by atoms with van der Waals surface area (Å²) in [6, 6.07) is 4.66. The van der Waals surface area contributed by atoms with Gasteiger partial charge in [0.25, 0.3) is 5.91 Å². The zero-order chi connectivity index (χ0) is 19.0. The number of thiazole rings is 1. The molecule has 5 nitrogen and oxygen atoms in total. The van der Waals surface area contributed by atoms with Crippen molar-refractivity contribution in [1.29, 1.82) is 0 Å². The van der Waals surface area contributed by atoms with Crippen molar-refractivity contribution in [3.8, 4) is 0 Å². The number of halogens is 4. The van der Waals surface area contributed by atoms with Crippen LogP contribution in [0.15, 0.2) is 23.1 Å². The molecule has 0 bridgehead atoms. The maximum atomic E-state index is 13.8. The third kappa shape index (κ3) is 3.10. The first-order valence-corrected chi connectivity index (χ1v) is 8.07. The number of fused-ring (bicyclic) bond motifs is 1. The number of hydrogen-bond donors (Lipinski definition) is 3.